The molecule has 0 aliphatic carbocycles. The average molecular weight is 373 g/mol. The van der Waals surface area contributed by atoms with E-state index in [1.807, 2.05) is 20.0 Å². The van der Waals surface area contributed by atoms with Crippen LogP contribution in [-0.2, 0) is 23.9 Å². The van der Waals surface area contributed by atoms with Gasteiger partial charge >= 0.3 is 0 Å². The van der Waals surface area contributed by atoms with Crippen LogP contribution in [0, 0.1) is 0 Å². The Morgan fingerprint density at radius 1 is 1.35 bits per heavy atom. The molecule has 3 rings (SSSR count). The number of pyridine rings is 1. The minimum atomic E-state index is -1.02. The van der Waals surface area contributed by atoms with Crippen molar-refractivity contribution in [3.63, 3.8) is 0 Å². The van der Waals surface area contributed by atoms with Gasteiger partial charge in [0, 0.05) is 29.9 Å². The summed E-state index contributed by atoms with van der Waals surface area (Å²) in [5.74, 6) is 0.287. The van der Waals surface area contributed by atoms with Crippen molar-refractivity contribution in [2.24, 2.45) is 0 Å². The second kappa shape index (κ2) is 8.07. The molecule has 1 aromatic heterocycles. The molecule has 0 spiro atoms. The maximum atomic E-state index is 12.6. The Hall–Kier alpha value is -2.09. The molecule has 7 heteroatoms. The quantitative estimate of drug-likeness (QED) is 0.804. The van der Waals surface area contributed by atoms with E-state index >= 15 is 0 Å². The molecule has 2 atom stereocenters. The predicted octanol–water partition coefficient (Wildman–Crippen LogP) is 1.62. The Balaban J connectivity index is 1.73. The normalized spacial score (nSPS) is 16.1. The molecule has 2 unspecified atom stereocenters. The fraction of sp³-hybridized carbons (Fsp3) is 0.368. The summed E-state index contributed by atoms with van der Waals surface area (Å²) >= 11 is 0. The molecule has 0 bridgehead atoms. The van der Waals surface area contributed by atoms with E-state index in [1.54, 1.807) is 30.5 Å². The molecule has 0 saturated heterocycles. The molecule has 6 nitrogen and oxygen atoms in total. The average Bonchev–Trinajstić information content (AvgIpc) is 3.04. The fourth-order valence-electron chi connectivity index (χ4n) is 3.04. The van der Waals surface area contributed by atoms with Gasteiger partial charge in [-0.3, -0.25) is 18.9 Å². The summed E-state index contributed by atoms with van der Waals surface area (Å²) in [6.45, 7) is 3.22. The van der Waals surface area contributed by atoms with Crippen LogP contribution in [0.4, 0.5) is 0 Å². The largest absolute Gasteiger partial charge is 0.394 e. The second-order valence-electron chi connectivity index (χ2n) is 6.41. The zero-order chi connectivity index (χ0) is 18.7. The van der Waals surface area contributed by atoms with Crippen molar-refractivity contribution in [2.75, 3.05) is 19.4 Å². The SMILES string of the molecule is CCS(=O)c1ccc(C(CO)NC(=O)c2cnc3c(c2)CN(C)C3)cc1. The van der Waals surface area contributed by atoms with Gasteiger partial charge in [-0.15, -0.1) is 0 Å². The van der Waals surface area contributed by atoms with E-state index in [2.05, 4.69) is 15.2 Å². The van der Waals surface area contributed by atoms with Crippen LogP contribution in [-0.4, -0.2) is 44.5 Å². The van der Waals surface area contributed by atoms with Gasteiger partial charge in [-0.1, -0.05) is 19.1 Å². The number of hydrogen-bond donors (Lipinski definition) is 2. The topological polar surface area (TPSA) is 82.5 Å². The molecule has 2 heterocycles. The highest BCUT2D eigenvalue weighted by atomic mass is 32.2. The molecule has 1 aliphatic rings. The maximum Gasteiger partial charge on any atom is 0.253 e. The van der Waals surface area contributed by atoms with Crippen LogP contribution < -0.4 is 5.32 Å². The number of amides is 1. The first-order valence-corrected chi connectivity index (χ1v) is 9.90. The third kappa shape index (κ3) is 4.00. The summed E-state index contributed by atoms with van der Waals surface area (Å²) in [5.41, 5.74) is 3.32. The lowest BCUT2D eigenvalue weighted by atomic mass is 10.1. The van der Waals surface area contributed by atoms with Crippen molar-refractivity contribution in [2.45, 2.75) is 31.0 Å². The zero-order valence-corrected chi connectivity index (χ0v) is 15.8. The van der Waals surface area contributed by atoms with Gasteiger partial charge in [-0.05, 0) is 36.4 Å². The first-order valence-electron chi connectivity index (χ1n) is 8.58. The van der Waals surface area contributed by atoms with E-state index in [4.69, 9.17) is 0 Å². The van der Waals surface area contributed by atoms with E-state index in [1.165, 1.54) is 0 Å². The van der Waals surface area contributed by atoms with E-state index < -0.39 is 16.8 Å². The minimum absolute atomic E-state index is 0.219. The molecule has 1 amide bonds. The van der Waals surface area contributed by atoms with Crippen LogP contribution in [0.15, 0.2) is 41.4 Å². The Kier molecular flexibility index (Phi) is 5.80. The molecule has 0 saturated carbocycles. The first-order chi connectivity index (χ1) is 12.5. The van der Waals surface area contributed by atoms with E-state index in [0.29, 0.717) is 11.3 Å². The fourth-order valence-corrected chi connectivity index (χ4v) is 3.81. The number of carbonyl (C=O) groups excluding carboxylic acids is 1. The third-order valence-electron chi connectivity index (χ3n) is 4.48. The number of carbonyl (C=O) groups is 1. The molecule has 26 heavy (non-hydrogen) atoms. The molecule has 2 N–H and O–H groups in total. The minimum Gasteiger partial charge on any atom is -0.394 e. The van der Waals surface area contributed by atoms with Crippen molar-refractivity contribution >= 4 is 16.7 Å². The Morgan fingerprint density at radius 3 is 2.73 bits per heavy atom. The van der Waals surface area contributed by atoms with Gasteiger partial charge in [-0.25, -0.2) is 0 Å². The van der Waals surface area contributed by atoms with Gasteiger partial charge in [0.2, 0.25) is 0 Å². The van der Waals surface area contributed by atoms with Crippen LogP contribution in [0.5, 0.6) is 0 Å². The standard InChI is InChI=1S/C19H23N3O3S/c1-3-26(25)16-6-4-13(5-7-16)18(12-23)21-19(24)14-8-15-10-22(2)11-17(15)20-9-14/h4-9,18,23H,3,10-12H2,1-2H3,(H,21,24). The second-order valence-corrected chi connectivity index (χ2v) is 8.15. The zero-order valence-electron chi connectivity index (χ0n) is 14.9. The molecular formula is C19H23N3O3S. The molecule has 2 aromatic rings. The van der Waals surface area contributed by atoms with Gasteiger partial charge < -0.3 is 10.4 Å². The van der Waals surface area contributed by atoms with Gasteiger partial charge in [0.25, 0.3) is 5.91 Å². The highest BCUT2D eigenvalue weighted by Crippen LogP contribution is 2.21. The summed E-state index contributed by atoms with van der Waals surface area (Å²) in [4.78, 5) is 19.8. The van der Waals surface area contributed by atoms with Gasteiger partial charge in [0.15, 0.2) is 0 Å². The lowest BCUT2D eigenvalue weighted by Gasteiger charge is -2.17. The van der Waals surface area contributed by atoms with Crippen molar-refractivity contribution in [1.29, 1.82) is 0 Å². The van der Waals surface area contributed by atoms with Crippen LogP contribution in [0.2, 0.25) is 0 Å². The summed E-state index contributed by atoms with van der Waals surface area (Å²) in [7, 11) is 0.993. The van der Waals surface area contributed by atoms with Crippen molar-refractivity contribution in [3.8, 4) is 0 Å². The van der Waals surface area contributed by atoms with Crippen LogP contribution in [0.25, 0.3) is 0 Å². The Bertz CT molecular complexity index is 823. The highest BCUT2D eigenvalue weighted by molar-refractivity contribution is 7.85. The molecule has 1 aromatic carbocycles. The maximum absolute atomic E-state index is 12.6. The molecule has 0 radical (unpaired) electrons. The van der Waals surface area contributed by atoms with Crippen LogP contribution in [0.3, 0.4) is 0 Å². The number of aliphatic hydroxyl groups excluding tert-OH is 1. The first kappa shape index (κ1) is 18.7. The number of aliphatic hydroxyl groups is 1. The highest BCUT2D eigenvalue weighted by Gasteiger charge is 2.20. The number of benzene rings is 1. The molecular weight excluding hydrogens is 350 g/mol. The number of nitrogens with zero attached hydrogens (tertiary/aromatic N) is 2. The number of hydrogen-bond acceptors (Lipinski definition) is 5. The van der Waals surface area contributed by atoms with E-state index in [9.17, 15) is 14.1 Å². The number of fused-ring (bicyclic) bond motifs is 1. The van der Waals surface area contributed by atoms with Gasteiger partial charge in [0.05, 0.1) is 34.7 Å². The number of nitrogens with one attached hydrogen (secondary N) is 1. The summed E-state index contributed by atoms with van der Waals surface area (Å²) in [6, 6.07) is 8.47. The van der Waals surface area contributed by atoms with Crippen molar-refractivity contribution in [1.82, 2.24) is 15.2 Å². The number of aromatic nitrogens is 1. The summed E-state index contributed by atoms with van der Waals surface area (Å²) in [5, 5.41) is 12.5. The van der Waals surface area contributed by atoms with E-state index in [-0.39, 0.29) is 12.5 Å². The van der Waals surface area contributed by atoms with Crippen molar-refractivity contribution in [3.05, 3.63) is 58.9 Å². The Morgan fingerprint density at radius 2 is 2.08 bits per heavy atom. The summed E-state index contributed by atoms with van der Waals surface area (Å²) < 4.78 is 11.8. The van der Waals surface area contributed by atoms with Crippen molar-refractivity contribution < 1.29 is 14.1 Å². The summed E-state index contributed by atoms with van der Waals surface area (Å²) in [6.07, 6.45) is 1.58. The lowest BCUT2D eigenvalue weighted by molar-refractivity contribution is 0.0915. The van der Waals surface area contributed by atoms with E-state index in [0.717, 1.165) is 34.8 Å². The molecule has 1 aliphatic heterocycles. The number of rotatable bonds is 6. The van der Waals surface area contributed by atoms with Crippen LogP contribution >= 0.6 is 0 Å². The predicted molar refractivity (Wildman–Crippen MR) is 100 cm³/mol. The monoisotopic (exact) mass is 373 g/mol. The molecule has 138 valence electrons. The smallest absolute Gasteiger partial charge is 0.253 e. The van der Waals surface area contributed by atoms with Gasteiger partial charge in [-0.2, -0.15) is 0 Å². The molecule has 0 fully saturated rings. The van der Waals surface area contributed by atoms with Crippen LogP contribution in [0.1, 0.15) is 40.1 Å². The van der Waals surface area contributed by atoms with Gasteiger partial charge in [0.1, 0.15) is 0 Å². The Labute approximate surface area is 155 Å². The third-order valence-corrected chi connectivity index (χ3v) is 5.80. The lowest BCUT2D eigenvalue weighted by Crippen LogP contribution is -2.31.